The highest BCUT2D eigenvalue weighted by Gasteiger charge is 2.09. The van der Waals surface area contributed by atoms with Gasteiger partial charge in [-0.25, -0.2) is 0 Å². The van der Waals surface area contributed by atoms with Crippen LogP contribution < -0.4 is 0 Å². The SMILES string of the molecule is CCC1=CCC(c2ccccc2)C=C1. The van der Waals surface area contributed by atoms with E-state index >= 15 is 0 Å². The maximum atomic E-state index is 2.36. The zero-order valence-electron chi connectivity index (χ0n) is 8.61. The van der Waals surface area contributed by atoms with Crippen LogP contribution in [0.25, 0.3) is 0 Å². The first-order chi connectivity index (χ1) is 6.90. The van der Waals surface area contributed by atoms with Gasteiger partial charge in [-0.15, -0.1) is 0 Å². The van der Waals surface area contributed by atoms with Crippen molar-refractivity contribution in [3.05, 3.63) is 59.7 Å². The second-order valence-corrected chi connectivity index (χ2v) is 3.74. The van der Waals surface area contributed by atoms with Crippen LogP contribution in [0.2, 0.25) is 0 Å². The predicted molar refractivity (Wildman–Crippen MR) is 61.3 cm³/mol. The summed E-state index contributed by atoms with van der Waals surface area (Å²) < 4.78 is 0. The zero-order chi connectivity index (χ0) is 9.80. The van der Waals surface area contributed by atoms with E-state index in [-0.39, 0.29) is 0 Å². The van der Waals surface area contributed by atoms with Crippen LogP contribution in [0.5, 0.6) is 0 Å². The van der Waals surface area contributed by atoms with E-state index in [1.165, 1.54) is 11.1 Å². The Bertz CT molecular complexity index is 344. The van der Waals surface area contributed by atoms with Crippen molar-refractivity contribution in [1.29, 1.82) is 0 Å². The van der Waals surface area contributed by atoms with E-state index in [2.05, 4.69) is 55.5 Å². The molecular formula is C14H16. The molecule has 1 aromatic carbocycles. The van der Waals surface area contributed by atoms with Crippen LogP contribution >= 0.6 is 0 Å². The summed E-state index contributed by atoms with van der Waals surface area (Å²) in [6.07, 6.45) is 9.26. The molecule has 0 radical (unpaired) electrons. The van der Waals surface area contributed by atoms with Gasteiger partial charge in [-0.05, 0) is 18.4 Å². The first-order valence-electron chi connectivity index (χ1n) is 5.32. The molecule has 0 spiro atoms. The molecule has 0 aliphatic heterocycles. The molecule has 0 saturated heterocycles. The normalized spacial score (nSPS) is 20.6. The molecular weight excluding hydrogens is 168 g/mol. The number of hydrogen-bond acceptors (Lipinski definition) is 0. The summed E-state index contributed by atoms with van der Waals surface area (Å²) in [6, 6.07) is 10.7. The molecule has 0 N–H and O–H groups in total. The zero-order valence-corrected chi connectivity index (χ0v) is 8.61. The van der Waals surface area contributed by atoms with Crippen molar-refractivity contribution in [3.8, 4) is 0 Å². The van der Waals surface area contributed by atoms with Gasteiger partial charge in [0, 0.05) is 5.92 Å². The third-order valence-electron chi connectivity index (χ3n) is 2.81. The summed E-state index contributed by atoms with van der Waals surface area (Å²) in [5.74, 6) is 0.589. The molecule has 72 valence electrons. The second-order valence-electron chi connectivity index (χ2n) is 3.74. The third-order valence-corrected chi connectivity index (χ3v) is 2.81. The number of hydrogen-bond donors (Lipinski definition) is 0. The first-order valence-corrected chi connectivity index (χ1v) is 5.32. The van der Waals surface area contributed by atoms with Gasteiger partial charge >= 0.3 is 0 Å². The molecule has 1 aromatic rings. The fraction of sp³-hybridized carbons (Fsp3) is 0.286. The van der Waals surface area contributed by atoms with Gasteiger partial charge in [0.25, 0.3) is 0 Å². The van der Waals surface area contributed by atoms with Gasteiger partial charge in [0.2, 0.25) is 0 Å². The summed E-state index contributed by atoms with van der Waals surface area (Å²) in [5.41, 5.74) is 2.90. The molecule has 14 heavy (non-hydrogen) atoms. The van der Waals surface area contributed by atoms with Crippen LogP contribution in [0.3, 0.4) is 0 Å². The first kappa shape index (κ1) is 9.26. The van der Waals surface area contributed by atoms with E-state index in [1.54, 1.807) is 0 Å². The van der Waals surface area contributed by atoms with Gasteiger partial charge in [-0.3, -0.25) is 0 Å². The molecule has 0 bridgehead atoms. The van der Waals surface area contributed by atoms with Crippen molar-refractivity contribution in [2.24, 2.45) is 0 Å². The molecule has 0 heterocycles. The summed E-state index contributed by atoms with van der Waals surface area (Å²) in [4.78, 5) is 0. The van der Waals surface area contributed by atoms with Crippen molar-refractivity contribution >= 4 is 0 Å². The molecule has 0 heteroatoms. The maximum absolute atomic E-state index is 2.36. The van der Waals surface area contributed by atoms with Crippen LogP contribution in [-0.2, 0) is 0 Å². The summed E-state index contributed by atoms with van der Waals surface area (Å²) in [6.45, 7) is 2.21. The predicted octanol–water partition coefficient (Wildman–Crippen LogP) is 4.07. The van der Waals surface area contributed by atoms with Gasteiger partial charge in [0.1, 0.15) is 0 Å². The van der Waals surface area contributed by atoms with Gasteiger partial charge < -0.3 is 0 Å². The number of benzene rings is 1. The van der Waals surface area contributed by atoms with Crippen LogP contribution in [0.15, 0.2) is 54.1 Å². The van der Waals surface area contributed by atoms with Crippen molar-refractivity contribution in [1.82, 2.24) is 0 Å². The lowest BCUT2D eigenvalue weighted by Crippen LogP contribution is -1.97. The molecule has 1 atom stereocenters. The summed E-state index contributed by atoms with van der Waals surface area (Å²) >= 11 is 0. The third kappa shape index (κ3) is 1.95. The Balaban J connectivity index is 2.11. The highest BCUT2D eigenvalue weighted by atomic mass is 14.1. The Kier molecular flexibility index (Phi) is 2.83. The Labute approximate surface area is 86.0 Å². The Morgan fingerprint density at radius 2 is 2.00 bits per heavy atom. The average Bonchev–Trinajstić information content (AvgIpc) is 2.30. The highest BCUT2D eigenvalue weighted by molar-refractivity contribution is 5.32. The largest absolute Gasteiger partial charge is 0.0804 e. The van der Waals surface area contributed by atoms with Crippen LogP contribution in [0.1, 0.15) is 31.2 Å². The minimum atomic E-state index is 0.589. The summed E-state index contributed by atoms with van der Waals surface area (Å²) in [7, 11) is 0. The van der Waals surface area contributed by atoms with Gasteiger partial charge in [0.15, 0.2) is 0 Å². The van der Waals surface area contributed by atoms with Crippen LogP contribution in [0.4, 0.5) is 0 Å². The highest BCUT2D eigenvalue weighted by Crippen LogP contribution is 2.27. The Morgan fingerprint density at radius 1 is 1.21 bits per heavy atom. The number of allylic oxidation sites excluding steroid dienone is 4. The fourth-order valence-electron chi connectivity index (χ4n) is 1.87. The minimum Gasteiger partial charge on any atom is -0.0804 e. The topological polar surface area (TPSA) is 0 Å². The van der Waals surface area contributed by atoms with E-state index in [0.29, 0.717) is 5.92 Å². The van der Waals surface area contributed by atoms with Crippen molar-refractivity contribution in [2.45, 2.75) is 25.7 Å². The standard InChI is InChI=1S/C14H16/c1-2-12-8-10-14(11-9-12)13-6-4-3-5-7-13/h3-10,14H,2,11H2,1H3. The average molecular weight is 184 g/mol. The minimum absolute atomic E-state index is 0.589. The molecule has 1 aliphatic rings. The fourth-order valence-corrected chi connectivity index (χ4v) is 1.87. The second kappa shape index (κ2) is 4.28. The maximum Gasteiger partial charge on any atom is 0.00559 e. The molecule has 0 fully saturated rings. The monoisotopic (exact) mass is 184 g/mol. The van der Waals surface area contributed by atoms with Crippen LogP contribution in [-0.4, -0.2) is 0 Å². The molecule has 1 unspecified atom stereocenters. The van der Waals surface area contributed by atoms with Gasteiger partial charge in [-0.2, -0.15) is 0 Å². The molecule has 0 saturated carbocycles. The lowest BCUT2D eigenvalue weighted by Gasteiger charge is -2.15. The van der Waals surface area contributed by atoms with Crippen molar-refractivity contribution in [3.63, 3.8) is 0 Å². The van der Waals surface area contributed by atoms with E-state index in [0.717, 1.165) is 12.8 Å². The molecule has 2 rings (SSSR count). The van der Waals surface area contributed by atoms with Gasteiger partial charge in [0.05, 0.1) is 0 Å². The van der Waals surface area contributed by atoms with E-state index < -0.39 is 0 Å². The number of rotatable bonds is 2. The van der Waals surface area contributed by atoms with Crippen molar-refractivity contribution in [2.75, 3.05) is 0 Å². The lowest BCUT2D eigenvalue weighted by atomic mass is 9.90. The summed E-state index contributed by atoms with van der Waals surface area (Å²) in [5, 5.41) is 0. The van der Waals surface area contributed by atoms with E-state index in [9.17, 15) is 0 Å². The molecule has 1 aliphatic carbocycles. The van der Waals surface area contributed by atoms with Gasteiger partial charge in [-0.1, -0.05) is 61.1 Å². The lowest BCUT2D eigenvalue weighted by molar-refractivity contribution is 0.836. The van der Waals surface area contributed by atoms with E-state index in [1.807, 2.05) is 0 Å². The Hall–Kier alpha value is -1.30. The Morgan fingerprint density at radius 3 is 2.57 bits per heavy atom. The quantitative estimate of drug-likeness (QED) is 0.650. The van der Waals surface area contributed by atoms with Crippen molar-refractivity contribution < 1.29 is 0 Å². The van der Waals surface area contributed by atoms with E-state index in [4.69, 9.17) is 0 Å². The molecule has 0 aromatic heterocycles. The van der Waals surface area contributed by atoms with Crippen LogP contribution in [0, 0.1) is 0 Å². The smallest absolute Gasteiger partial charge is 0.00559 e. The molecule has 0 amide bonds. The molecule has 0 nitrogen and oxygen atoms in total.